The summed E-state index contributed by atoms with van der Waals surface area (Å²) in [6, 6.07) is 5.53. The summed E-state index contributed by atoms with van der Waals surface area (Å²) in [7, 11) is -3.46. The predicted molar refractivity (Wildman–Crippen MR) is 108 cm³/mol. The van der Waals surface area contributed by atoms with Gasteiger partial charge >= 0.3 is 6.18 Å². The molecule has 0 spiro atoms. The van der Waals surface area contributed by atoms with E-state index in [1.54, 1.807) is 0 Å². The van der Waals surface area contributed by atoms with Crippen LogP contribution in [0.4, 0.5) is 13.2 Å². The number of carbonyl (C=O) groups is 2. The van der Waals surface area contributed by atoms with Crippen molar-refractivity contribution >= 4 is 27.2 Å². The van der Waals surface area contributed by atoms with Crippen molar-refractivity contribution in [3.05, 3.63) is 59.2 Å². The molecule has 0 fully saturated rings. The second kappa shape index (κ2) is 7.19. The van der Waals surface area contributed by atoms with E-state index in [2.05, 4.69) is 0 Å². The molecule has 3 rings (SSSR count). The molecule has 9 heteroatoms. The molecule has 2 aliphatic rings. The van der Waals surface area contributed by atoms with E-state index in [4.69, 9.17) is 4.74 Å². The Morgan fingerprint density at radius 1 is 1.13 bits per heavy atom. The highest BCUT2D eigenvalue weighted by atomic mass is 32.2. The SMILES string of the molecule is CC(=O)C1(C(F)(F)F)C=CC=C(C2=C(c3ccc(S(C)(=O)=O)cc3)OC(C)(C)C2=O)C1. The van der Waals surface area contributed by atoms with Crippen LogP contribution in [0.3, 0.4) is 0 Å². The number of hydrogen-bond donors (Lipinski definition) is 0. The van der Waals surface area contributed by atoms with Crippen LogP contribution in [0.15, 0.2) is 58.5 Å². The van der Waals surface area contributed by atoms with Crippen LogP contribution < -0.4 is 0 Å². The van der Waals surface area contributed by atoms with Crippen molar-refractivity contribution in [2.24, 2.45) is 5.41 Å². The number of hydrogen-bond acceptors (Lipinski definition) is 5. The van der Waals surface area contributed by atoms with Crippen molar-refractivity contribution in [2.45, 2.75) is 43.9 Å². The van der Waals surface area contributed by atoms with Crippen LogP contribution in [0.25, 0.3) is 5.76 Å². The van der Waals surface area contributed by atoms with E-state index in [0.717, 1.165) is 25.3 Å². The summed E-state index contributed by atoms with van der Waals surface area (Å²) < 4.78 is 70.8. The molecule has 5 nitrogen and oxygen atoms in total. The van der Waals surface area contributed by atoms with E-state index in [1.165, 1.54) is 44.2 Å². The van der Waals surface area contributed by atoms with E-state index >= 15 is 0 Å². The molecule has 1 heterocycles. The van der Waals surface area contributed by atoms with Crippen LogP contribution in [0.1, 0.15) is 32.8 Å². The summed E-state index contributed by atoms with van der Waals surface area (Å²) in [4.78, 5) is 25.1. The molecule has 0 aromatic heterocycles. The van der Waals surface area contributed by atoms with Crippen LogP contribution in [0.5, 0.6) is 0 Å². The number of allylic oxidation sites excluding steroid dienone is 4. The molecule has 1 aromatic carbocycles. The number of Topliss-reactive ketones (excluding diaryl/α,β-unsaturated/α-hetero) is 2. The third-order valence-corrected chi connectivity index (χ3v) is 6.63. The first-order valence-corrected chi connectivity index (χ1v) is 11.2. The van der Waals surface area contributed by atoms with E-state index in [1.807, 2.05) is 0 Å². The Kier molecular flexibility index (Phi) is 5.33. The Morgan fingerprint density at radius 3 is 2.19 bits per heavy atom. The van der Waals surface area contributed by atoms with Crippen LogP contribution >= 0.6 is 0 Å². The average Bonchev–Trinajstić information content (AvgIpc) is 2.89. The number of rotatable bonds is 4. The molecule has 0 amide bonds. The molecule has 31 heavy (non-hydrogen) atoms. The zero-order chi connectivity index (χ0) is 23.4. The van der Waals surface area contributed by atoms with Gasteiger partial charge in [0.05, 0.1) is 10.5 Å². The predicted octanol–water partition coefficient (Wildman–Crippen LogP) is 4.20. The lowest BCUT2D eigenvalue weighted by Gasteiger charge is -2.33. The smallest absolute Gasteiger partial charge is 0.405 e. The van der Waals surface area contributed by atoms with Gasteiger partial charge in [0.2, 0.25) is 5.78 Å². The van der Waals surface area contributed by atoms with E-state index in [9.17, 15) is 31.2 Å². The maximum atomic E-state index is 13.8. The molecule has 1 aliphatic heterocycles. The molecule has 166 valence electrons. The van der Waals surface area contributed by atoms with Crippen molar-refractivity contribution in [1.29, 1.82) is 0 Å². The average molecular weight is 454 g/mol. The minimum absolute atomic E-state index is 0.0350. The van der Waals surface area contributed by atoms with Gasteiger partial charge < -0.3 is 4.74 Å². The first kappa shape index (κ1) is 23.0. The molecule has 0 radical (unpaired) electrons. The van der Waals surface area contributed by atoms with Crippen molar-refractivity contribution in [1.82, 2.24) is 0 Å². The molecular weight excluding hydrogens is 433 g/mol. The van der Waals surface area contributed by atoms with Gasteiger partial charge in [-0.3, -0.25) is 9.59 Å². The third-order valence-electron chi connectivity index (χ3n) is 5.51. The lowest BCUT2D eigenvalue weighted by atomic mass is 9.72. The summed E-state index contributed by atoms with van der Waals surface area (Å²) in [5.74, 6) is -1.54. The molecule has 0 saturated carbocycles. The number of alkyl halides is 3. The fourth-order valence-corrected chi connectivity index (χ4v) is 4.29. The quantitative estimate of drug-likeness (QED) is 0.681. The minimum Gasteiger partial charge on any atom is -0.478 e. The summed E-state index contributed by atoms with van der Waals surface area (Å²) in [5.41, 5.74) is -3.73. The van der Waals surface area contributed by atoms with Crippen LogP contribution in [0.2, 0.25) is 0 Å². The van der Waals surface area contributed by atoms with Crippen molar-refractivity contribution in [2.75, 3.05) is 6.26 Å². The van der Waals surface area contributed by atoms with Gasteiger partial charge in [-0.1, -0.05) is 18.2 Å². The fraction of sp³-hybridized carbons (Fsp3) is 0.364. The Morgan fingerprint density at radius 2 is 1.71 bits per heavy atom. The van der Waals surface area contributed by atoms with Gasteiger partial charge in [0.25, 0.3) is 0 Å². The van der Waals surface area contributed by atoms with Gasteiger partial charge in [0.15, 0.2) is 15.4 Å². The first-order chi connectivity index (χ1) is 14.1. The number of sulfone groups is 1. The summed E-state index contributed by atoms with van der Waals surface area (Å²) in [5, 5.41) is 0. The van der Waals surface area contributed by atoms with Crippen LogP contribution in [-0.4, -0.2) is 38.0 Å². The van der Waals surface area contributed by atoms with Crippen molar-refractivity contribution in [3.63, 3.8) is 0 Å². The van der Waals surface area contributed by atoms with Gasteiger partial charge in [-0.25, -0.2) is 8.42 Å². The second-order valence-corrected chi connectivity index (χ2v) is 10.2. The van der Waals surface area contributed by atoms with Crippen molar-refractivity contribution in [3.8, 4) is 0 Å². The number of benzene rings is 1. The zero-order valence-corrected chi connectivity index (χ0v) is 18.1. The molecular formula is C22H21F3O5S. The van der Waals surface area contributed by atoms with Crippen molar-refractivity contribution < 1.29 is 35.9 Å². The number of halogens is 3. The number of ketones is 2. The fourth-order valence-electron chi connectivity index (χ4n) is 3.66. The maximum Gasteiger partial charge on any atom is 0.405 e. The highest BCUT2D eigenvalue weighted by Crippen LogP contribution is 2.50. The van der Waals surface area contributed by atoms with E-state index in [-0.39, 0.29) is 21.8 Å². The Labute approximate surface area is 178 Å². The van der Waals surface area contributed by atoms with Gasteiger partial charge in [-0.15, -0.1) is 0 Å². The molecule has 1 aromatic rings. The Hall–Kier alpha value is -2.68. The highest BCUT2D eigenvalue weighted by molar-refractivity contribution is 7.90. The standard InChI is InChI=1S/C22H21F3O5S/c1-13(26)21(22(23,24)25)11-5-6-15(12-21)17-18(30-20(2,3)19(17)27)14-7-9-16(10-8-14)31(4,28)29/h5-11H,12H2,1-4H3. The topological polar surface area (TPSA) is 77.5 Å². The van der Waals surface area contributed by atoms with E-state index < -0.39 is 45.0 Å². The summed E-state index contributed by atoms with van der Waals surface area (Å²) in [6.07, 6.45) is -1.22. The Bertz CT molecular complexity index is 1150. The molecule has 1 unspecified atom stereocenters. The molecule has 0 N–H and O–H groups in total. The third kappa shape index (κ3) is 3.86. The second-order valence-electron chi connectivity index (χ2n) is 8.20. The molecule has 1 atom stereocenters. The van der Waals surface area contributed by atoms with Crippen LogP contribution in [-0.2, 0) is 24.2 Å². The van der Waals surface area contributed by atoms with Crippen LogP contribution in [0, 0.1) is 5.41 Å². The largest absolute Gasteiger partial charge is 0.478 e. The minimum atomic E-state index is -4.84. The molecule has 0 bridgehead atoms. The van der Waals surface area contributed by atoms with Gasteiger partial charge in [0, 0.05) is 11.8 Å². The first-order valence-electron chi connectivity index (χ1n) is 9.35. The summed E-state index contributed by atoms with van der Waals surface area (Å²) >= 11 is 0. The summed E-state index contributed by atoms with van der Waals surface area (Å²) in [6.45, 7) is 3.86. The molecule has 0 saturated heterocycles. The lowest BCUT2D eigenvalue weighted by molar-refractivity contribution is -0.204. The monoisotopic (exact) mass is 454 g/mol. The van der Waals surface area contributed by atoms with Gasteiger partial charge in [-0.05, 0) is 57.0 Å². The highest BCUT2D eigenvalue weighted by Gasteiger charge is 2.58. The zero-order valence-electron chi connectivity index (χ0n) is 17.3. The maximum absolute atomic E-state index is 13.8. The Balaban J connectivity index is 2.16. The number of ether oxygens (including phenoxy) is 1. The molecule has 1 aliphatic carbocycles. The normalized spacial score (nSPS) is 23.6. The number of carbonyl (C=O) groups excluding carboxylic acids is 2. The van der Waals surface area contributed by atoms with Gasteiger partial charge in [0.1, 0.15) is 17.0 Å². The van der Waals surface area contributed by atoms with Gasteiger partial charge in [-0.2, -0.15) is 13.2 Å². The lowest BCUT2D eigenvalue weighted by Crippen LogP contribution is -2.44. The van der Waals surface area contributed by atoms with E-state index in [0.29, 0.717) is 5.56 Å².